The molecule has 1 atom stereocenters. The lowest BCUT2D eigenvalue weighted by atomic mass is 9.87. The minimum atomic E-state index is -1.50. The van der Waals surface area contributed by atoms with Crippen LogP contribution in [0.3, 0.4) is 0 Å². The molecule has 8 nitrogen and oxygen atoms in total. The fraction of sp³-hybridized carbons (Fsp3) is 0.240. The van der Waals surface area contributed by atoms with E-state index in [2.05, 4.69) is 31.1 Å². The Morgan fingerprint density at radius 3 is 2.53 bits per heavy atom. The second kappa shape index (κ2) is 9.23. The van der Waals surface area contributed by atoms with E-state index in [4.69, 9.17) is 26.2 Å². The summed E-state index contributed by atoms with van der Waals surface area (Å²) in [7, 11) is 0. The molecule has 176 valence electrons. The van der Waals surface area contributed by atoms with E-state index in [-0.39, 0.29) is 23.3 Å². The number of pyridine rings is 1. The summed E-state index contributed by atoms with van der Waals surface area (Å²) in [5.41, 5.74) is 2.48. The zero-order chi connectivity index (χ0) is 24.5. The number of carbonyl (C=O) groups is 2. The zero-order valence-corrected chi connectivity index (χ0v) is 19.7. The van der Waals surface area contributed by atoms with Crippen molar-refractivity contribution in [1.29, 1.82) is 0 Å². The predicted octanol–water partition coefficient (Wildman–Crippen LogP) is 5.84. The van der Waals surface area contributed by atoms with Gasteiger partial charge in [-0.25, -0.2) is 9.78 Å². The Bertz CT molecular complexity index is 1220. The number of para-hydroxylation sites is 1. The molecule has 0 fully saturated rings. The number of fused-ring (bicyclic) bond motifs is 1. The number of amides is 1. The number of benzene rings is 2. The van der Waals surface area contributed by atoms with Gasteiger partial charge in [-0.2, -0.15) is 0 Å². The summed E-state index contributed by atoms with van der Waals surface area (Å²) in [5, 5.41) is 12.4. The van der Waals surface area contributed by atoms with Gasteiger partial charge in [0.25, 0.3) is 12.2 Å². The number of carbonyl (C=O) groups excluding carboxylic acids is 1. The number of hydrogen-bond acceptors (Lipinski definition) is 6. The van der Waals surface area contributed by atoms with E-state index in [0.29, 0.717) is 22.2 Å². The third-order valence-corrected chi connectivity index (χ3v) is 5.64. The van der Waals surface area contributed by atoms with Gasteiger partial charge in [0, 0.05) is 11.9 Å². The van der Waals surface area contributed by atoms with E-state index >= 15 is 0 Å². The smallest absolute Gasteiger partial charge is 0.450 e. The molecule has 2 N–H and O–H groups in total. The lowest BCUT2D eigenvalue weighted by molar-refractivity contribution is -0.0507. The van der Waals surface area contributed by atoms with Crippen LogP contribution in [0.25, 0.3) is 0 Å². The Balaban J connectivity index is 1.69. The maximum absolute atomic E-state index is 13.2. The largest absolute Gasteiger partial charge is 0.508 e. The normalized spacial score (nSPS) is 15.2. The number of hydrogen-bond donors (Lipinski definition) is 2. The van der Waals surface area contributed by atoms with Gasteiger partial charge in [0.05, 0.1) is 22.8 Å². The Morgan fingerprint density at radius 2 is 1.88 bits per heavy atom. The molecule has 2 heterocycles. The van der Waals surface area contributed by atoms with Crippen molar-refractivity contribution in [3.63, 3.8) is 0 Å². The van der Waals surface area contributed by atoms with E-state index in [1.54, 1.807) is 41.4 Å². The first-order chi connectivity index (χ1) is 16.1. The highest BCUT2D eigenvalue weighted by molar-refractivity contribution is 6.33. The quantitative estimate of drug-likeness (QED) is 0.451. The number of rotatable bonds is 4. The van der Waals surface area contributed by atoms with Crippen LogP contribution in [0, 0.1) is 0 Å². The number of carboxylic acid groups (broad SMARTS) is 1. The molecule has 0 saturated carbocycles. The predicted molar refractivity (Wildman–Crippen MR) is 129 cm³/mol. The summed E-state index contributed by atoms with van der Waals surface area (Å²) in [4.78, 5) is 30.4. The lowest BCUT2D eigenvalue weighted by Crippen LogP contribution is -2.41. The van der Waals surface area contributed by atoms with Gasteiger partial charge in [0.1, 0.15) is 0 Å². The zero-order valence-electron chi connectivity index (χ0n) is 18.9. The van der Waals surface area contributed by atoms with Crippen molar-refractivity contribution in [2.24, 2.45) is 0 Å². The van der Waals surface area contributed by atoms with Gasteiger partial charge in [0.15, 0.2) is 11.6 Å². The van der Waals surface area contributed by atoms with E-state index in [1.807, 2.05) is 24.3 Å². The molecule has 34 heavy (non-hydrogen) atoms. The summed E-state index contributed by atoms with van der Waals surface area (Å²) in [6.45, 7) is 6.35. The first-order valence-corrected chi connectivity index (χ1v) is 11.0. The van der Waals surface area contributed by atoms with Crippen molar-refractivity contribution >= 4 is 40.9 Å². The highest BCUT2D eigenvalue weighted by Gasteiger charge is 2.34. The molecule has 1 unspecified atom stereocenters. The summed E-state index contributed by atoms with van der Waals surface area (Å²) < 4.78 is 10.7. The third kappa shape index (κ3) is 4.92. The molecule has 3 aromatic rings. The molecule has 0 saturated heterocycles. The van der Waals surface area contributed by atoms with Crippen LogP contribution in [0.5, 0.6) is 5.75 Å². The maximum Gasteiger partial charge on any atom is 0.508 e. The Hall–Kier alpha value is -3.78. The number of ether oxygens (including phenoxy) is 2. The van der Waals surface area contributed by atoms with E-state index in [9.17, 15) is 9.59 Å². The van der Waals surface area contributed by atoms with Crippen LogP contribution in [-0.2, 0) is 10.2 Å². The van der Waals surface area contributed by atoms with E-state index in [0.717, 1.165) is 5.56 Å². The monoisotopic (exact) mass is 481 g/mol. The summed E-state index contributed by atoms with van der Waals surface area (Å²) in [6.07, 6.45) is -1.12. The van der Waals surface area contributed by atoms with Crippen LogP contribution in [0.2, 0.25) is 5.02 Å². The standard InChI is InChI=1S/C25H24ClN3O5/c1-25(2,3)15-9-11-16(12-10-15)28-23(30)17-6-4-8-19-21(17)33-20(34-24(31)32)14-29(19)22-18(26)7-5-13-27-22/h4-13,20H,14H2,1-3H3,(H,28,30)(H,31,32). The molecule has 1 aromatic heterocycles. The molecule has 0 spiro atoms. The highest BCUT2D eigenvalue weighted by Crippen LogP contribution is 2.42. The van der Waals surface area contributed by atoms with Crippen molar-refractivity contribution < 1.29 is 24.2 Å². The maximum atomic E-state index is 13.2. The van der Waals surface area contributed by atoms with Gasteiger partial charge < -0.3 is 24.8 Å². The third-order valence-electron chi connectivity index (χ3n) is 5.35. The Morgan fingerprint density at radius 1 is 1.15 bits per heavy atom. The van der Waals surface area contributed by atoms with Gasteiger partial charge >= 0.3 is 6.16 Å². The van der Waals surface area contributed by atoms with Crippen molar-refractivity contribution in [3.8, 4) is 5.75 Å². The van der Waals surface area contributed by atoms with Gasteiger partial charge in [-0.1, -0.05) is 50.6 Å². The van der Waals surface area contributed by atoms with Crippen LogP contribution in [-0.4, -0.2) is 35.0 Å². The average Bonchev–Trinajstić information content (AvgIpc) is 2.78. The van der Waals surface area contributed by atoms with E-state index < -0.39 is 18.4 Å². The van der Waals surface area contributed by atoms with Crippen molar-refractivity contribution in [2.75, 3.05) is 16.8 Å². The summed E-state index contributed by atoms with van der Waals surface area (Å²) >= 11 is 6.35. The first kappa shape index (κ1) is 23.4. The number of nitrogens with one attached hydrogen (secondary N) is 1. The molecular formula is C25H24ClN3O5. The molecule has 2 aromatic carbocycles. The average molecular weight is 482 g/mol. The van der Waals surface area contributed by atoms with Crippen LogP contribution >= 0.6 is 11.6 Å². The Labute approximate surface area is 202 Å². The van der Waals surface area contributed by atoms with Gasteiger partial charge in [-0.05, 0) is 47.4 Å². The van der Waals surface area contributed by atoms with Crippen LogP contribution < -0.4 is 15.0 Å². The summed E-state index contributed by atoms with van der Waals surface area (Å²) in [6, 6.07) is 16.0. The van der Waals surface area contributed by atoms with Crippen LogP contribution in [0.4, 0.5) is 22.0 Å². The second-order valence-electron chi connectivity index (χ2n) is 8.79. The molecule has 1 amide bonds. The van der Waals surface area contributed by atoms with Crippen molar-refractivity contribution in [2.45, 2.75) is 32.5 Å². The topological polar surface area (TPSA) is 101 Å². The van der Waals surface area contributed by atoms with Gasteiger partial charge in [-0.15, -0.1) is 0 Å². The van der Waals surface area contributed by atoms with Gasteiger partial charge in [-0.3, -0.25) is 4.79 Å². The molecule has 0 aliphatic carbocycles. The van der Waals surface area contributed by atoms with Crippen LogP contribution in [0.15, 0.2) is 60.8 Å². The molecular weight excluding hydrogens is 458 g/mol. The molecule has 0 radical (unpaired) electrons. The molecule has 1 aliphatic heterocycles. The molecule has 9 heteroatoms. The molecule has 1 aliphatic rings. The minimum absolute atomic E-state index is 0.00930. The molecule has 4 rings (SSSR count). The second-order valence-corrected chi connectivity index (χ2v) is 9.19. The number of halogens is 1. The number of anilines is 3. The first-order valence-electron chi connectivity index (χ1n) is 10.6. The fourth-order valence-electron chi connectivity index (χ4n) is 3.66. The fourth-order valence-corrected chi connectivity index (χ4v) is 3.88. The van der Waals surface area contributed by atoms with Crippen LogP contribution in [0.1, 0.15) is 36.7 Å². The van der Waals surface area contributed by atoms with Gasteiger partial charge in [0.2, 0.25) is 0 Å². The number of aromatic nitrogens is 1. The van der Waals surface area contributed by atoms with Crippen molar-refractivity contribution in [1.82, 2.24) is 4.98 Å². The lowest BCUT2D eigenvalue weighted by Gasteiger charge is -2.35. The SMILES string of the molecule is CC(C)(C)c1ccc(NC(=O)c2cccc3c2OC(OC(=O)O)CN3c2ncccc2Cl)cc1. The summed E-state index contributed by atoms with van der Waals surface area (Å²) in [5.74, 6) is 0.150. The molecule has 0 bridgehead atoms. The Kier molecular flexibility index (Phi) is 6.34. The van der Waals surface area contributed by atoms with E-state index in [1.165, 1.54) is 0 Å². The van der Waals surface area contributed by atoms with Crippen molar-refractivity contribution in [3.05, 3.63) is 76.9 Å². The number of nitrogens with zero attached hydrogens (tertiary/aromatic N) is 2. The minimum Gasteiger partial charge on any atom is -0.450 e. The highest BCUT2D eigenvalue weighted by atomic mass is 35.5.